The smallest absolute Gasteiger partial charge is 0.253 e. The molecule has 0 bridgehead atoms. The van der Waals surface area contributed by atoms with E-state index in [0.717, 1.165) is 24.9 Å². The van der Waals surface area contributed by atoms with Gasteiger partial charge in [-0.2, -0.15) is 0 Å². The summed E-state index contributed by atoms with van der Waals surface area (Å²) in [6.45, 7) is 4.03. The number of nitrogens with zero attached hydrogens (tertiary/aromatic N) is 1. The Morgan fingerprint density at radius 3 is 2.62 bits per heavy atom. The summed E-state index contributed by atoms with van der Waals surface area (Å²) >= 11 is 0. The van der Waals surface area contributed by atoms with Crippen molar-refractivity contribution in [2.45, 2.75) is 38.0 Å². The minimum Gasteiger partial charge on any atom is -0.493 e. The van der Waals surface area contributed by atoms with E-state index in [1.54, 1.807) is 14.2 Å². The normalized spacial score (nSPS) is 21.9. The zero-order chi connectivity index (χ0) is 17.1. The molecule has 1 saturated heterocycles. The number of rotatable bonds is 6. The van der Waals surface area contributed by atoms with Crippen LogP contribution >= 0.6 is 0 Å². The Kier molecular flexibility index (Phi) is 5.26. The number of benzene rings is 1. The highest BCUT2D eigenvalue weighted by atomic mass is 16.5. The van der Waals surface area contributed by atoms with E-state index in [1.807, 2.05) is 23.1 Å². The van der Waals surface area contributed by atoms with Crippen molar-refractivity contribution in [1.82, 2.24) is 10.2 Å². The highest BCUT2D eigenvalue weighted by Crippen LogP contribution is 2.37. The Labute approximate surface area is 143 Å². The lowest BCUT2D eigenvalue weighted by Gasteiger charge is -2.34. The maximum absolute atomic E-state index is 13.0. The maximum Gasteiger partial charge on any atom is 0.253 e. The van der Waals surface area contributed by atoms with Crippen molar-refractivity contribution in [2.24, 2.45) is 0 Å². The maximum atomic E-state index is 13.0. The number of hydrogen-bond acceptors (Lipinski definition) is 5. The molecule has 0 aromatic heterocycles. The monoisotopic (exact) mass is 334 g/mol. The van der Waals surface area contributed by atoms with E-state index in [2.05, 4.69) is 12.2 Å². The van der Waals surface area contributed by atoms with Crippen LogP contribution in [0.2, 0.25) is 0 Å². The molecule has 1 N–H and O–H groups in total. The first-order valence-electron chi connectivity index (χ1n) is 8.52. The zero-order valence-corrected chi connectivity index (χ0v) is 14.6. The zero-order valence-electron chi connectivity index (χ0n) is 14.6. The Balaban J connectivity index is 1.81. The van der Waals surface area contributed by atoms with Gasteiger partial charge in [-0.3, -0.25) is 4.79 Å². The summed E-state index contributed by atoms with van der Waals surface area (Å²) in [5, 5.41) is 3.23. The van der Waals surface area contributed by atoms with Gasteiger partial charge in [-0.25, -0.2) is 0 Å². The van der Waals surface area contributed by atoms with Crippen molar-refractivity contribution < 1.29 is 19.0 Å². The molecule has 2 aliphatic rings. The van der Waals surface area contributed by atoms with Gasteiger partial charge in [-0.1, -0.05) is 6.07 Å². The van der Waals surface area contributed by atoms with Gasteiger partial charge in [-0.15, -0.1) is 0 Å². The van der Waals surface area contributed by atoms with Crippen molar-refractivity contribution in [3.05, 3.63) is 23.8 Å². The average Bonchev–Trinajstić information content (AvgIpc) is 3.46. The van der Waals surface area contributed by atoms with Crippen LogP contribution in [0.5, 0.6) is 11.5 Å². The van der Waals surface area contributed by atoms with E-state index in [4.69, 9.17) is 14.2 Å². The van der Waals surface area contributed by atoms with Crippen LogP contribution in [0.15, 0.2) is 18.2 Å². The van der Waals surface area contributed by atoms with Gasteiger partial charge in [0.2, 0.25) is 0 Å². The van der Waals surface area contributed by atoms with Gasteiger partial charge < -0.3 is 24.4 Å². The minimum atomic E-state index is -0.387. The number of methoxy groups -OCH3 is 2. The average molecular weight is 334 g/mol. The molecule has 1 amide bonds. The molecule has 6 heteroatoms. The molecule has 1 aromatic rings. The molecule has 0 radical (unpaired) electrons. The number of morpholine rings is 1. The SMILES string of the molecule is COc1ccc([C@H](C)N(C(=O)[C@H]2CNCCO2)C2CC2)cc1OC. The van der Waals surface area contributed by atoms with E-state index in [9.17, 15) is 4.79 Å². The fourth-order valence-corrected chi connectivity index (χ4v) is 3.20. The van der Waals surface area contributed by atoms with Crippen LogP contribution in [0.25, 0.3) is 0 Å². The molecular weight excluding hydrogens is 308 g/mol. The van der Waals surface area contributed by atoms with Crippen LogP contribution in [0.1, 0.15) is 31.4 Å². The minimum absolute atomic E-state index is 0.0321. The molecule has 1 saturated carbocycles. The Morgan fingerprint density at radius 2 is 2.04 bits per heavy atom. The molecule has 0 unspecified atom stereocenters. The Hall–Kier alpha value is -1.79. The van der Waals surface area contributed by atoms with Gasteiger partial charge in [-0.05, 0) is 37.5 Å². The molecule has 1 aliphatic heterocycles. The van der Waals surface area contributed by atoms with Crippen molar-refractivity contribution in [3.8, 4) is 11.5 Å². The summed E-state index contributed by atoms with van der Waals surface area (Å²) in [6.07, 6.45) is 1.73. The van der Waals surface area contributed by atoms with E-state index < -0.39 is 0 Å². The Morgan fingerprint density at radius 1 is 1.29 bits per heavy atom. The second-order valence-corrected chi connectivity index (χ2v) is 6.33. The van der Waals surface area contributed by atoms with Crippen LogP contribution in [-0.2, 0) is 9.53 Å². The topological polar surface area (TPSA) is 60.0 Å². The van der Waals surface area contributed by atoms with E-state index in [-0.39, 0.29) is 18.1 Å². The number of hydrogen-bond donors (Lipinski definition) is 1. The summed E-state index contributed by atoms with van der Waals surface area (Å²) < 4.78 is 16.4. The van der Waals surface area contributed by atoms with Gasteiger partial charge in [0.25, 0.3) is 5.91 Å². The number of amides is 1. The molecule has 1 heterocycles. The highest BCUT2D eigenvalue weighted by Gasteiger charge is 2.40. The standard InChI is InChI=1S/C18H26N2O4/c1-12(13-4-7-15(22-2)16(10-13)23-3)20(14-5-6-14)18(21)17-11-19-8-9-24-17/h4,7,10,12,14,17,19H,5-6,8-9,11H2,1-3H3/t12-,17+/m0/s1. The number of ether oxygens (including phenoxy) is 3. The summed E-state index contributed by atoms with van der Waals surface area (Å²) in [4.78, 5) is 15.0. The third-order valence-corrected chi connectivity index (χ3v) is 4.71. The number of nitrogens with one attached hydrogen (secondary N) is 1. The van der Waals surface area contributed by atoms with E-state index in [1.165, 1.54) is 0 Å². The van der Waals surface area contributed by atoms with Gasteiger partial charge in [0, 0.05) is 19.1 Å². The molecule has 6 nitrogen and oxygen atoms in total. The molecule has 1 aliphatic carbocycles. The summed E-state index contributed by atoms with van der Waals surface area (Å²) in [6, 6.07) is 6.11. The second kappa shape index (κ2) is 7.40. The molecule has 2 fully saturated rings. The van der Waals surface area contributed by atoms with Crippen molar-refractivity contribution in [1.29, 1.82) is 0 Å². The summed E-state index contributed by atoms with van der Waals surface area (Å²) in [5.41, 5.74) is 1.04. The molecule has 1 aromatic carbocycles. The lowest BCUT2D eigenvalue weighted by Crippen LogP contribution is -2.50. The van der Waals surface area contributed by atoms with Crippen LogP contribution in [0.3, 0.4) is 0 Å². The van der Waals surface area contributed by atoms with Gasteiger partial charge in [0.1, 0.15) is 6.10 Å². The first kappa shape index (κ1) is 17.0. The van der Waals surface area contributed by atoms with Crippen LogP contribution in [0.4, 0.5) is 0 Å². The molecule has 132 valence electrons. The Bertz CT molecular complexity index is 582. The molecule has 2 atom stereocenters. The highest BCUT2D eigenvalue weighted by molar-refractivity contribution is 5.82. The van der Waals surface area contributed by atoms with Gasteiger partial charge in [0.15, 0.2) is 11.5 Å². The second-order valence-electron chi connectivity index (χ2n) is 6.33. The van der Waals surface area contributed by atoms with Crippen LogP contribution in [-0.4, -0.2) is 56.9 Å². The van der Waals surface area contributed by atoms with E-state index >= 15 is 0 Å². The lowest BCUT2D eigenvalue weighted by atomic mass is 10.0. The van der Waals surface area contributed by atoms with Crippen molar-refractivity contribution in [3.63, 3.8) is 0 Å². The lowest BCUT2D eigenvalue weighted by molar-refractivity contribution is -0.148. The molecule has 0 spiro atoms. The summed E-state index contributed by atoms with van der Waals surface area (Å²) in [5.74, 6) is 1.45. The molecule has 24 heavy (non-hydrogen) atoms. The third-order valence-electron chi connectivity index (χ3n) is 4.71. The van der Waals surface area contributed by atoms with Gasteiger partial charge >= 0.3 is 0 Å². The largest absolute Gasteiger partial charge is 0.493 e. The van der Waals surface area contributed by atoms with Crippen LogP contribution in [0, 0.1) is 0 Å². The van der Waals surface area contributed by atoms with E-state index in [0.29, 0.717) is 30.7 Å². The predicted molar refractivity (Wildman–Crippen MR) is 90.4 cm³/mol. The predicted octanol–water partition coefficient (Wildman–Crippen LogP) is 1.74. The fourth-order valence-electron chi connectivity index (χ4n) is 3.20. The van der Waals surface area contributed by atoms with Crippen LogP contribution < -0.4 is 14.8 Å². The third kappa shape index (κ3) is 3.49. The summed E-state index contributed by atoms with van der Waals surface area (Å²) in [7, 11) is 3.24. The first-order valence-corrected chi connectivity index (χ1v) is 8.52. The number of carbonyl (C=O) groups is 1. The first-order chi connectivity index (χ1) is 11.7. The molecular formula is C18H26N2O4. The quantitative estimate of drug-likeness (QED) is 0.859. The van der Waals surface area contributed by atoms with Gasteiger partial charge in [0.05, 0.1) is 26.9 Å². The fraction of sp³-hybridized carbons (Fsp3) is 0.611. The molecule has 3 rings (SSSR count). The van der Waals surface area contributed by atoms with Crippen molar-refractivity contribution >= 4 is 5.91 Å². The van der Waals surface area contributed by atoms with Crippen molar-refractivity contribution in [2.75, 3.05) is 33.9 Å². The number of carbonyl (C=O) groups excluding carboxylic acids is 1.